The largest absolute Gasteiger partial charge is 0.472 e. The normalized spacial score (nSPS) is 23.4. The zero-order chi connectivity index (χ0) is 41.4. The summed E-state index contributed by atoms with van der Waals surface area (Å²) >= 11 is 0. The van der Waals surface area contributed by atoms with E-state index in [9.17, 15) is 44.6 Å². The van der Waals surface area contributed by atoms with Gasteiger partial charge in [-0.05, 0) is 51.4 Å². The first-order valence-corrected chi connectivity index (χ1v) is 22.4. The number of unbranched alkanes of at least 4 members (excludes halogenated alkanes) is 13. The van der Waals surface area contributed by atoms with Crippen molar-refractivity contribution in [2.24, 2.45) is 0 Å². The van der Waals surface area contributed by atoms with Crippen LogP contribution in [-0.4, -0.2) is 98.3 Å². The summed E-state index contributed by atoms with van der Waals surface area (Å²) in [5.41, 5.74) is 0. The Hall–Kier alpha value is -2.19. The van der Waals surface area contributed by atoms with Gasteiger partial charge in [-0.1, -0.05) is 133 Å². The monoisotopic (exact) mass is 816 g/mol. The molecule has 6 N–H and O–H groups in total. The molecule has 56 heavy (non-hydrogen) atoms. The lowest BCUT2D eigenvalue weighted by Crippen LogP contribution is -2.64. The van der Waals surface area contributed by atoms with Gasteiger partial charge in [-0.2, -0.15) is 0 Å². The highest BCUT2D eigenvalue weighted by Crippen LogP contribution is 2.47. The summed E-state index contributed by atoms with van der Waals surface area (Å²) in [6.45, 7) is 3.18. The van der Waals surface area contributed by atoms with Crippen molar-refractivity contribution in [3.63, 3.8) is 0 Å². The molecule has 324 valence electrons. The summed E-state index contributed by atoms with van der Waals surface area (Å²) < 4.78 is 33.3. The lowest BCUT2D eigenvalue weighted by atomic mass is 9.85. The molecular formula is C42H73O13P. The third-order valence-electron chi connectivity index (χ3n) is 9.42. The Morgan fingerprint density at radius 3 is 1.52 bits per heavy atom. The summed E-state index contributed by atoms with van der Waals surface area (Å²) in [5, 5.41) is 50.0. The molecule has 1 aliphatic carbocycles. The first kappa shape index (κ1) is 51.8. The van der Waals surface area contributed by atoms with Crippen LogP contribution in [0.4, 0.5) is 0 Å². The Balaban J connectivity index is 2.56. The maximum absolute atomic E-state index is 12.8. The number of phosphoric ester groups is 1. The molecule has 1 fully saturated rings. The van der Waals surface area contributed by atoms with Crippen molar-refractivity contribution >= 4 is 19.8 Å². The van der Waals surface area contributed by atoms with Gasteiger partial charge in [0.2, 0.25) is 0 Å². The Bertz CT molecular complexity index is 1170. The van der Waals surface area contributed by atoms with E-state index >= 15 is 0 Å². The Morgan fingerprint density at radius 1 is 0.554 bits per heavy atom. The van der Waals surface area contributed by atoms with E-state index in [2.05, 4.69) is 50.3 Å². The minimum absolute atomic E-state index is 0.0208. The van der Waals surface area contributed by atoms with Gasteiger partial charge in [0.25, 0.3) is 0 Å². The molecule has 1 aliphatic rings. The summed E-state index contributed by atoms with van der Waals surface area (Å²) in [6.07, 6.45) is 23.3. The van der Waals surface area contributed by atoms with Crippen LogP contribution in [0.25, 0.3) is 0 Å². The van der Waals surface area contributed by atoms with Crippen LogP contribution in [0, 0.1) is 0 Å². The fourth-order valence-electron chi connectivity index (χ4n) is 5.98. The van der Waals surface area contributed by atoms with Gasteiger partial charge in [0, 0.05) is 12.8 Å². The number of carbonyl (C=O) groups is 2. The quantitative estimate of drug-likeness (QED) is 0.0168. The standard InChI is InChI=1S/C42H73O13P/c1-3-5-7-9-11-13-15-16-17-18-19-20-21-23-25-27-29-31-36(44)54-34(32-52-35(43)30-28-26-24-22-14-12-10-8-6-4-2)33-53-56(50,51)55-42-40(48)38(46)37(45)39(47)41(42)49/h11,13,16-17,19-20,23,25,34,37-42,45-49H,3-10,12,14-15,18,21-22,24,26-33H2,1-2H3,(H,50,51)/b13-11+,17-16+,20-19+,25-23+/t34-,37?,38+,39?,40?,41?,42?/m1/s1. The summed E-state index contributed by atoms with van der Waals surface area (Å²) in [7, 11) is -5.13. The number of carbonyl (C=O) groups excluding carboxylic acids is 2. The molecule has 1 saturated carbocycles. The average molecular weight is 817 g/mol. The number of ether oxygens (including phenoxy) is 2. The highest BCUT2D eigenvalue weighted by atomic mass is 31.2. The van der Waals surface area contributed by atoms with Crippen molar-refractivity contribution in [2.45, 2.75) is 191 Å². The molecule has 0 saturated heterocycles. The SMILES string of the molecule is CCCCC/C=C/C/C=C/C/C=C/C/C=C/CCCC(=O)O[C@H](COC(=O)CCCCCCCCCCCC)COP(=O)(O)OC1C(O)C(O)C(O)[C@H](O)C1O. The van der Waals surface area contributed by atoms with Gasteiger partial charge in [-0.25, -0.2) is 4.57 Å². The summed E-state index contributed by atoms with van der Waals surface area (Å²) in [5.74, 6) is -1.17. The molecule has 1 rings (SSSR count). The molecular weight excluding hydrogens is 743 g/mol. The van der Waals surface area contributed by atoms with Gasteiger partial charge >= 0.3 is 19.8 Å². The lowest BCUT2D eigenvalue weighted by Gasteiger charge is -2.41. The van der Waals surface area contributed by atoms with E-state index in [0.717, 1.165) is 44.9 Å². The molecule has 0 heterocycles. The fraction of sp³-hybridized carbons (Fsp3) is 0.762. The molecule has 6 unspecified atom stereocenters. The number of allylic oxidation sites excluding steroid dienone is 8. The molecule has 0 aromatic rings. The molecule has 0 bridgehead atoms. The van der Waals surface area contributed by atoms with Crippen LogP contribution in [0.5, 0.6) is 0 Å². The van der Waals surface area contributed by atoms with Crippen molar-refractivity contribution in [3.8, 4) is 0 Å². The van der Waals surface area contributed by atoms with Crippen LogP contribution < -0.4 is 0 Å². The second-order valence-electron chi connectivity index (χ2n) is 14.5. The third kappa shape index (κ3) is 25.2. The molecule has 8 atom stereocenters. The number of aliphatic hydroxyl groups excluding tert-OH is 5. The van der Waals surface area contributed by atoms with E-state index in [4.69, 9.17) is 18.5 Å². The molecule has 0 radical (unpaired) electrons. The van der Waals surface area contributed by atoms with Gasteiger partial charge in [0.1, 0.15) is 43.2 Å². The molecule has 13 nitrogen and oxygen atoms in total. The van der Waals surface area contributed by atoms with E-state index in [1.165, 1.54) is 57.8 Å². The van der Waals surface area contributed by atoms with Crippen molar-refractivity contribution in [2.75, 3.05) is 13.2 Å². The predicted octanol–water partition coefficient (Wildman–Crippen LogP) is 7.22. The topological polar surface area (TPSA) is 210 Å². The van der Waals surface area contributed by atoms with E-state index in [1.54, 1.807) is 0 Å². The van der Waals surface area contributed by atoms with Crippen LogP contribution in [-0.2, 0) is 32.7 Å². The van der Waals surface area contributed by atoms with E-state index in [-0.39, 0.29) is 12.8 Å². The highest BCUT2D eigenvalue weighted by Gasteiger charge is 2.51. The molecule has 14 heteroatoms. The zero-order valence-electron chi connectivity index (χ0n) is 33.9. The lowest BCUT2D eigenvalue weighted by molar-refractivity contribution is -0.220. The molecule has 0 aromatic carbocycles. The molecule has 0 aliphatic heterocycles. The van der Waals surface area contributed by atoms with Gasteiger partial charge in [0.15, 0.2) is 6.10 Å². The van der Waals surface area contributed by atoms with Gasteiger partial charge in [-0.3, -0.25) is 18.6 Å². The van der Waals surface area contributed by atoms with Crippen LogP contribution in [0.1, 0.15) is 149 Å². The Morgan fingerprint density at radius 2 is 0.982 bits per heavy atom. The van der Waals surface area contributed by atoms with Gasteiger partial charge < -0.3 is 39.9 Å². The predicted molar refractivity (Wildman–Crippen MR) is 216 cm³/mol. The zero-order valence-corrected chi connectivity index (χ0v) is 34.8. The first-order chi connectivity index (χ1) is 26.9. The van der Waals surface area contributed by atoms with E-state index in [1.807, 2.05) is 12.2 Å². The van der Waals surface area contributed by atoms with Gasteiger partial charge in [-0.15, -0.1) is 0 Å². The van der Waals surface area contributed by atoms with Gasteiger partial charge in [0.05, 0.1) is 6.61 Å². The van der Waals surface area contributed by atoms with Crippen LogP contribution >= 0.6 is 7.82 Å². The number of phosphoric acid groups is 1. The maximum Gasteiger partial charge on any atom is 0.472 e. The van der Waals surface area contributed by atoms with Crippen molar-refractivity contribution in [3.05, 3.63) is 48.6 Å². The number of hydrogen-bond donors (Lipinski definition) is 6. The highest BCUT2D eigenvalue weighted by molar-refractivity contribution is 7.47. The van der Waals surface area contributed by atoms with Crippen LogP contribution in [0.3, 0.4) is 0 Å². The van der Waals surface area contributed by atoms with Crippen molar-refractivity contribution < 1.29 is 63.1 Å². The summed E-state index contributed by atoms with van der Waals surface area (Å²) in [6, 6.07) is 0. The minimum atomic E-state index is -5.13. The number of esters is 2. The van der Waals surface area contributed by atoms with Crippen molar-refractivity contribution in [1.29, 1.82) is 0 Å². The van der Waals surface area contributed by atoms with E-state index < -0.39 is 75.7 Å². The first-order valence-electron chi connectivity index (χ1n) is 20.9. The Kier molecular flexibility index (Phi) is 30.3. The minimum Gasteiger partial charge on any atom is -0.462 e. The maximum atomic E-state index is 12.8. The van der Waals surface area contributed by atoms with E-state index in [0.29, 0.717) is 19.3 Å². The van der Waals surface area contributed by atoms with Crippen molar-refractivity contribution in [1.82, 2.24) is 0 Å². The smallest absolute Gasteiger partial charge is 0.462 e. The van der Waals surface area contributed by atoms with Crippen LogP contribution in [0.15, 0.2) is 48.6 Å². The number of rotatable bonds is 33. The third-order valence-corrected chi connectivity index (χ3v) is 10.4. The summed E-state index contributed by atoms with van der Waals surface area (Å²) in [4.78, 5) is 35.5. The average Bonchev–Trinajstić information content (AvgIpc) is 3.18. The molecule has 0 spiro atoms. The second-order valence-corrected chi connectivity index (χ2v) is 15.9. The molecule has 0 aromatic heterocycles. The molecule has 0 amide bonds. The fourth-order valence-corrected chi connectivity index (χ4v) is 6.96. The second kappa shape index (κ2) is 32.7. The number of aliphatic hydroxyl groups is 5. The number of hydrogen-bond acceptors (Lipinski definition) is 12. The van der Waals surface area contributed by atoms with Crippen LogP contribution in [0.2, 0.25) is 0 Å². The Labute approximate surface area is 335 Å².